The number of hydrogen-bond donors (Lipinski definition) is 1. The molecular formula is C11H19O4P. The van der Waals surface area contributed by atoms with Crippen LogP contribution in [0.1, 0.15) is 34.1 Å². The highest BCUT2D eigenvalue weighted by molar-refractivity contribution is 7.53. The van der Waals surface area contributed by atoms with E-state index >= 15 is 0 Å². The number of Topliss-reactive ketones (excluding diaryl/α,β-unsaturated/α-hetero) is 1. The highest BCUT2D eigenvalue weighted by Gasteiger charge is 2.33. The molecule has 0 aliphatic rings. The Balaban J connectivity index is 4.55. The van der Waals surface area contributed by atoms with Crippen LogP contribution in [0.25, 0.3) is 0 Å². The van der Waals surface area contributed by atoms with E-state index in [1.54, 1.807) is 27.7 Å². The van der Waals surface area contributed by atoms with Crippen LogP contribution in [0.3, 0.4) is 0 Å². The minimum atomic E-state index is -3.77. The van der Waals surface area contributed by atoms with E-state index in [-0.39, 0.29) is 12.4 Å². The fourth-order valence-corrected chi connectivity index (χ4v) is 2.34. The van der Waals surface area contributed by atoms with Crippen molar-refractivity contribution in [3.05, 3.63) is 0 Å². The first kappa shape index (κ1) is 15.4. The molecule has 0 rings (SSSR count). The first-order chi connectivity index (χ1) is 7.25. The van der Waals surface area contributed by atoms with Crippen molar-refractivity contribution in [2.45, 2.75) is 34.1 Å². The molecule has 0 radical (unpaired) electrons. The molecular weight excluding hydrogens is 227 g/mol. The van der Waals surface area contributed by atoms with Crippen molar-refractivity contribution in [2.75, 3.05) is 12.8 Å². The summed E-state index contributed by atoms with van der Waals surface area (Å²) in [5, 5.41) is 0. The van der Waals surface area contributed by atoms with Gasteiger partial charge >= 0.3 is 7.60 Å². The first-order valence-corrected chi connectivity index (χ1v) is 6.90. The van der Waals surface area contributed by atoms with Gasteiger partial charge in [0.15, 0.2) is 5.78 Å². The molecule has 4 nitrogen and oxygen atoms in total. The minimum absolute atomic E-state index is 0.121. The second-order valence-electron chi connectivity index (χ2n) is 4.12. The molecule has 1 N–H and O–H groups in total. The van der Waals surface area contributed by atoms with Crippen LogP contribution in [0.4, 0.5) is 0 Å². The van der Waals surface area contributed by atoms with Crippen LogP contribution in [-0.4, -0.2) is 23.4 Å². The molecule has 0 aromatic heterocycles. The molecule has 0 amide bonds. The van der Waals surface area contributed by atoms with Gasteiger partial charge in [0, 0.05) is 11.8 Å². The molecule has 0 saturated heterocycles. The van der Waals surface area contributed by atoms with Gasteiger partial charge < -0.3 is 9.42 Å². The Morgan fingerprint density at radius 3 is 2.50 bits per heavy atom. The van der Waals surface area contributed by atoms with Gasteiger partial charge in [0.2, 0.25) is 0 Å². The summed E-state index contributed by atoms with van der Waals surface area (Å²) in [5.74, 6) is 5.21. The largest absolute Gasteiger partial charge is 0.335 e. The number of ketones is 1. The maximum atomic E-state index is 11.8. The molecule has 5 heteroatoms. The first-order valence-electron chi connectivity index (χ1n) is 5.14. The van der Waals surface area contributed by atoms with Crippen LogP contribution in [0.5, 0.6) is 0 Å². The molecule has 0 saturated carbocycles. The number of rotatable bonds is 6. The van der Waals surface area contributed by atoms with E-state index in [1.165, 1.54) is 0 Å². The number of hydrogen-bond acceptors (Lipinski definition) is 3. The summed E-state index contributed by atoms with van der Waals surface area (Å²) in [5.41, 5.74) is -0.710. The maximum Gasteiger partial charge on any atom is 0.335 e. The molecule has 0 aromatic rings. The number of carbonyl (C=O) groups excluding carboxylic acids is 1. The fraction of sp³-hybridized carbons (Fsp3) is 0.727. The Morgan fingerprint density at radius 2 is 2.06 bits per heavy atom. The van der Waals surface area contributed by atoms with E-state index in [0.29, 0.717) is 6.42 Å². The predicted octanol–water partition coefficient (Wildman–Crippen LogP) is 2.22. The third-order valence-corrected chi connectivity index (χ3v) is 3.48. The van der Waals surface area contributed by atoms with Crippen molar-refractivity contribution < 1.29 is 18.8 Å². The van der Waals surface area contributed by atoms with E-state index in [2.05, 4.69) is 16.4 Å². The molecule has 0 fully saturated rings. The zero-order valence-corrected chi connectivity index (χ0v) is 11.1. The second kappa shape index (κ2) is 6.20. The average Bonchev–Trinajstić information content (AvgIpc) is 2.13. The van der Waals surface area contributed by atoms with Crippen molar-refractivity contribution in [1.29, 1.82) is 0 Å². The van der Waals surface area contributed by atoms with Crippen LogP contribution in [-0.2, 0) is 13.9 Å². The maximum absolute atomic E-state index is 11.8. The van der Waals surface area contributed by atoms with Crippen molar-refractivity contribution in [3.8, 4) is 11.8 Å². The van der Waals surface area contributed by atoms with Gasteiger partial charge in [-0.1, -0.05) is 13.8 Å². The second-order valence-corrected chi connectivity index (χ2v) is 5.97. The Labute approximate surface area is 96.9 Å². The van der Waals surface area contributed by atoms with Gasteiger partial charge in [-0.25, -0.2) is 0 Å². The lowest BCUT2D eigenvalue weighted by Crippen LogP contribution is -2.27. The van der Waals surface area contributed by atoms with Gasteiger partial charge in [0.05, 0.1) is 6.61 Å². The van der Waals surface area contributed by atoms with Crippen LogP contribution >= 0.6 is 7.60 Å². The van der Waals surface area contributed by atoms with Crippen LogP contribution < -0.4 is 0 Å². The third kappa shape index (κ3) is 5.46. The quantitative estimate of drug-likeness (QED) is 0.576. The van der Waals surface area contributed by atoms with Gasteiger partial charge in [-0.15, -0.1) is 11.8 Å². The topological polar surface area (TPSA) is 63.6 Å². The summed E-state index contributed by atoms with van der Waals surface area (Å²) < 4.78 is 16.1. The Hall–Kier alpha value is -0.620. The average molecular weight is 246 g/mol. The van der Waals surface area contributed by atoms with Crippen molar-refractivity contribution >= 4 is 13.4 Å². The van der Waals surface area contributed by atoms with Gasteiger partial charge in [0.1, 0.15) is 6.16 Å². The predicted molar refractivity (Wildman–Crippen MR) is 63.2 cm³/mol. The summed E-state index contributed by atoms with van der Waals surface area (Å²) in [4.78, 5) is 21.1. The fourth-order valence-electron chi connectivity index (χ4n) is 1.05. The summed E-state index contributed by atoms with van der Waals surface area (Å²) in [6, 6.07) is 0. The molecule has 16 heavy (non-hydrogen) atoms. The molecule has 0 aliphatic carbocycles. The highest BCUT2D eigenvalue weighted by atomic mass is 31.2. The van der Waals surface area contributed by atoms with E-state index in [4.69, 9.17) is 0 Å². The summed E-state index contributed by atoms with van der Waals surface area (Å²) in [6.45, 7) is 6.85. The molecule has 0 spiro atoms. The lowest BCUT2D eigenvalue weighted by molar-refractivity contribution is -0.124. The van der Waals surface area contributed by atoms with Crippen molar-refractivity contribution in [2.24, 2.45) is 5.41 Å². The summed E-state index contributed by atoms with van der Waals surface area (Å²) in [7, 11) is -3.77. The van der Waals surface area contributed by atoms with Crippen LogP contribution in [0.15, 0.2) is 0 Å². The minimum Gasteiger partial charge on any atom is -0.324 e. The van der Waals surface area contributed by atoms with Crippen molar-refractivity contribution in [3.63, 3.8) is 0 Å². The monoisotopic (exact) mass is 246 g/mol. The molecule has 0 bridgehead atoms. The smallest absolute Gasteiger partial charge is 0.324 e. The Morgan fingerprint density at radius 1 is 1.50 bits per heavy atom. The normalized spacial score (nSPS) is 14.8. The lowest BCUT2D eigenvalue weighted by atomic mass is 9.85. The summed E-state index contributed by atoms with van der Waals surface area (Å²) in [6.07, 6.45) is -0.0618. The van der Waals surface area contributed by atoms with Gasteiger partial charge in [-0.3, -0.25) is 9.36 Å². The van der Waals surface area contributed by atoms with Crippen LogP contribution in [0, 0.1) is 17.3 Å². The SMILES string of the molecule is CC#CCC(C)(C)C(=O)CP(=O)(O)OCC. The van der Waals surface area contributed by atoms with Crippen LogP contribution in [0.2, 0.25) is 0 Å². The Bertz CT molecular complexity index is 349. The lowest BCUT2D eigenvalue weighted by Gasteiger charge is -2.21. The zero-order chi connectivity index (χ0) is 12.8. The molecule has 92 valence electrons. The molecule has 1 unspecified atom stereocenters. The molecule has 0 heterocycles. The molecule has 0 aromatic carbocycles. The Kier molecular flexibility index (Phi) is 5.96. The third-order valence-electron chi connectivity index (χ3n) is 2.14. The molecule has 1 atom stereocenters. The molecule has 0 aliphatic heterocycles. The zero-order valence-electron chi connectivity index (χ0n) is 10.2. The van der Waals surface area contributed by atoms with Crippen molar-refractivity contribution in [1.82, 2.24) is 0 Å². The number of carbonyl (C=O) groups is 1. The standard InChI is InChI=1S/C11H19O4P/c1-5-7-8-11(3,4)10(12)9-16(13,14)15-6-2/h6,8-9H2,1-4H3,(H,13,14). The van der Waals surface area contributed by atoms with E-state index < -0.39 is 19.2 Å². The van der Waals surface area contributed by atoms with E-state index in [0.717, 1.165) is 0 Å². The van der Waals surface area contributed by atoms with Gasteiger partial charge in [-0.05, 0) is 13.8 Å². The van der Waals surface area contributed by atoms with E-state index in [1.807, 2.05) is 0 Å². The van der Waals surface area contributed by atoms with E-state index in [9.17, 15) is 14.3 Å². The summed E-state index contributed by atoms with van der Waals surface area (Å²) >= 11 is 0. The van der Waals surface area contributed by atoms with Gasteiger partial charge in [0.25, 0.3) is 0 Å². The highest BCUT2D eigenvalue weighted by Crippen LogP contribution is 2.43. The van der Waals surface area contributed by atoms with Gasteiger partial charge in [-0.2, -0.15) is 0 Å².